The van der Waals surface area contributed by atoms with Gasteiger partial charge in [-0.05, 0) is 37.8 Å². The van der Waals surface area contributed by atoms with Gasteiger partial charge in [0, 0.05) is 12.1 Å². The molecule has 0 bridgehead atoms. The number of hydrogen-bond donors (Lipinski definition) is 2. The van der Waals surface area contributed by atoms with Crippen molar-refractivity contribution in [3.8, 4) is 11.5 Å². The van der Waals surface area contributed by atoms with Crippen molar-refractivity contribution in [1.82, 2.24) is 5.32 Å². The number of nitrogens with two attached hydrogens (primary N) is 1. The van der Waals surface area contributed by atoms with Crippen molar-refractivity contribution in [2.45, 2.75) is 44.1 Å². The van der Waals surface area contributed by atoms with Gasteiger partial charge in [-0.15, -0.1) is 8.78 Å². The molecule has 0 spiro atoms. The van der Waals surface area contributed by atoms with E-state index in [0.717, 1.165) is 25.7 Å². The third-order valence-electron chi connectivity index (χ3n) is 3.78. The molecule has 2 aliphatic rings. The molecule has 1 aromatic rings. The highest BCUT2D eigenvalue weighted by atomic mass is 19.3. The summed E-state index contributed by atoms with van der Waals surface area (Å²) in [5.74, 6) is -0.778. The summed E-state index contributed by atoms with van der Waals surface area (Å²) in [6.45, 7) is 0. The number of benzene rings is 1. The summed E-state index contributed by atoms with van der Waals surface area (Å²) in [5, 5.41) is 2.84. The lowest BCUT2D eigenvalue weighted by molar-refractivity contribution is -0.286. The Kier molecular flexibility index (Phi) is 3.44. The lowest BCUT2D eigenvalue weighted by Crippen LogP contribution is -2.40. The fourth-order valence-electron chi connectivity index (χ4n) is 2.67. The minimum atomic E-state index is -3.73. The Hall–Kier alpha value is -1.89. The SMILES string of the molecule is N[C@H]1CC[C@H](NC(=O)c2cccc3c2OC(F)(F)O3)CC1. The third kappa shape index (κ3) is 2.92. The Morgan fingerprint density at radius 2 is 1.95 bits per heavy atom. The van der Waals surface area contributed by atoms with E-state index in [4.69, 9.17) is 5.73 Å². The molecular formula is C14H16F2N2O3. The molecule has 1 aromatic carbocycles. The maximum Gasteiger partial charge on any atom is 0.586 e. The average Bonchev–Trinajstić information content (AvgIpc) is 2.74. The van der Waals surface area contributed by atoms with Crippen LogP contribution >= 0.6 is 0 Å². The van der Waals surface area contributed by atoms with Crippen LogP contribution in [-0.4, -0.2) is 24.3 Å². The number of nitrogens with one attached hydrogen (secondary N) is 1. The van der Waals surface area contributed by atoms with Gasteiger partial charge in [0.2, 0.25) is 0 Å². The number of halogens is 2. The molecule has 21 heavy (non-hydrogen) atoms. The Morgan fingerprint density at radius 1 is 1.24 bits per heavy atom. The summed E-state index contributed by atoms with van der Waals surface area (Å²) >= 11 is 0. The van der Waals surface area contributed by atoms with Gasteiger partial charge in [0.05, 0.1) is 5.56 Å². The van der Waals surface area contributed by atoms with E-state index in [1.54, 1.807) is 0 Å². The van der Waals surface area contributed by atoms with Crippen molar-refractivity contribution < 1.29 is 23.0 Å². The normalized spacial score (nSPS) is 26.4. The summed E-state index contributed by atoms with van der Waals surface area (Å²) in [6, 6.07) is 4.45. The van der Waals surface area contributed by atoms with E-state index < -0.39 is 12.2 Å². The molecule has 114 valence electrons. The van der Waals surface area contributed by atoms with Crippen molar-refractivity contribution >= 4 is 5.91 Å². The number of amides is 1. The van der Waals surface area contributed by atoms with Crippen LogP contribution in [0.3, 0.4) is 0 Å². The fraction of sp³-hybridized carbons (Fsp3) is 0.500. The van der Waals surface area contributed by atoms with E-state index >= 15 is 0 Å². The van der Waals surface area contributed by atoms with E-state index in [1.165, 1.54) is 18.2 Å². The minimum Gasteiger partial charge on any atom is -0.395 e. The van der Waals surface area contributed by atoms with Crippen LogP contribution in [0.2, 0.25) is 0 Å². The monoisotopic (exact) mass is 298 g/mol. The molecule has 0 atom stereocenters. The quantitative estimate of drug-likeness (QED) is 0.876. The zero-order valence-corrected chi connectivity index (χ0v) is 11.3. The molecule has 1 fully saturated rings. The molecule has 1 aliphatic heterocycles. The summed E-state index contributed by atoms with van der Waals surface area (Å²) in [6.07, 6.45) is -0.466. The second-order valence-electron chi connectivity index (χ2n) is 5.39. The van der Waals surface area contributed by atoms with Crippen molar-refractivity contribution in [1.29, 1.82) is 0 Å². The smallest absolute Gasteiger partial charge is 0.395 e. The maximum absolute atomic E-state index is 13.1. The molecule has 5 nitrogen and oxygen atoms in total. The maximum atomic E-state index is 13.1. The Balaban J connectivity index is 1.73. The number of alkyl halides is 2. The molecule has 0 aromatic heterocycles. The largest absolute Gasteiger partial charge is 0.586 e. The van der Waals surface area contributed by atoms with Crippen LogP contribution in [0.1, 0.15) is 36.0 Å². The number of carbonyl (C=O) groups excluding carboxylic acids is 1. The standard InChI is InChI=1S/C14H16F2N2O3/c15-14(16)20-11-3-1-2-10(12(11)21-14)13(19)18-9-6-4-8(17)5-7-9/h1-3,8-9H,4-7,17H2,(H,18,19)/t8-,9-. The number of para-hydroxylation sites is 1. The van der Waals surface area contributed by atoms with Gasteiger partial charge >= 0.3 is 6.29 Å². The summed E-state index contributed by atoms with van der Waals surface area (Å²) < 4.78 is 34.9. The van der Waals surface area contributed by atoms with E-state index in [2.05, 4.69) is 14.8 Å². The zero-order valence-electron chi connectivity index (χ0n) is 11.3. The minimum absolute atomic E-state index is 0.0102. The van der Waals surface area contributed by atoms with E-state index in [9.17, 15) is 13.6 Å². The molecule has 0 radical (unpaired) electrons. The predicted octanol–water partition coefficient (Wildman–Crippen LogP) is 2.01. The van der Waals surface area contributed by atoms with Gasteiger partial charge in [0.15, 0.2) is 11.5 Å². The van der Waals surface area contributed by atoms with Gasteiger partial charge in [-0.1, -0.05) is 6.07 Å². The molecule has 1 saturated carbocycles. The third-order valence-corrected chi connectivity index (χ3v) is 3.78. The van der Waals surface area contributed by atoms with Gasteiger partial charge in [0.1, 0.15) is 0 Å². The Morgan fingerprint density at radius 3 is 2.67 bits per heavy atom. The molecule has 3 rings (SSSR count). The highest BCUT2D eigenvalue weighted by Gasteiger charge is 2.45. The summed E-state index contributed by atoms with van der Waals surface area (Å²) in [5.41, 5.74) is 5.87. The lowest BCUT2D eigenvalue weighted by atomic mass is 9.91. The highest BCUT2D eigenvalue weighted by molar-refractivity contribution is 5.98. The van der Waals surface area contributed by atoms with Gasteiger partial charge in [-0.3, -0.25) is 4.79 Å². The number of rotatable bonds is 2. The molecule has 0 unspecified atom stereocenters. The van der Waals surface area contributed by atoms with E-state index in [0.29, 0.717) is 0 Å². The van der Waals surface area contributed by atoms with Gasteiger partial charge < -0.3 is 20.5 Å². The summed E-state index contributed by atoms with van der Waals surface area (Å²) in [4.78, 5) is 12.2. The first-order chi connectivity index (χ1) is 9.94. The lowest BCUT2D eigenvalue weighted by Gasteiger charge is -2.26. The average molecular weight is 298 g/mol. The van der Waals surface area contributed by atoms with Crippen molar-refractivity contribution in [3.05, 3.63) is 23.8 Å². The zero-order chi connectivity index (χ0) is 15.0. The van der Waals surface area contributed by atoms with Crippen molar-refractivity contribution in [2.24, 2.45) is 5.73 Å². The first-order valence-corrected chi connectivity index (χ1v) is 6.90. The van der Waals surface area contributed by atoms with Crippen LogP contribution in [-0.2, 0) is 0 Å². The van der Waals surface area contributed by atoms with Crippen LogP contribution in [0.5, 0.6) is 11.5 Å². The van der Waals surface area contributed by atoms with Crippen molar-refractivity contribution in [2.75, 3.05) is 0 Å². The van der Waals surface area contributed by atoms with Crippen molar-refractivity contribution in [3.63, 3.8) is 0 Å². The van der Waals surface area contributed by atoms with Crippen LogP contribution in [0.25, 0.3) is 0 Å². The molecule has 1 amide bonds. The number of hydrogen-bond acceptors (Lipinski definition) is 4. The Labute approximate surface area is 120 Å². The van der Waals surface area contributed by atoms with Crippen LogP contribution in [0.15, 0.2) is 18.2 Å². The number of ether oxygens (including phenoxy) is 2. The van der Waals surface area contributed by atoms with Crippen LogP contribution < -0.4 is 20.5 Å². The topological polar surface area (TPSA) is 73.6 Å². The first-order valence-electron chi connectivity index (χ1n) is 6.90. The van der Waals surface area contributed by atoms with Gasteiger partial charge in [0.25, 0.3) is 5.91 Å². The fourth-order valence-corrected chi connectivity index (χ4v) is 2.67. The Bertz CT molecular complexity index is 557. The molecule has 1 aliphatic carbocycles. The first kappa shape index (κ1) is 14.1. The molecule has 7 heteroatoms. The molecular weight excluding hydrogens is 282 g/mol. The molecule has 0 saturated heterocycles. The second kappa shape index (κ2) is 5.14. The van der Waals surface area contributed by atoms with Crippen LogP contribution in [0, 0.1) is 0 Å². The highest BCUT2D eigenvalue weighted by Crippen LogP contribution is 2.43. The summed E-state index contributed by atoms with van der Waals surface area (Å²) in [7, 11) is 0. The number of carbonyl (C=O) groups is 1. The van der Waals surface area contributed by atoms with Crippen LogP contribution in [0.4, 0.5) is 8.78 Å². The second-order valence-corrected chi connectivity index (χ2v) is 5.39. The molecule has 1 heterocycles. The van der Waals surface area contributed by atoms with Gasteiger partial charge in [-0.25, -0.2) is 0 Å². The predicted molar refractivity (Wildman–Crippen MR) is 70.3 cm³/mol. The van der Waals surface area contributed by atoms with Gasteiger partial charge in [-0.2, -0.15) is 0 Å². The number of fused-ring (bicyclic) bond motifs is 1. The molecule has 3 N–H and O–H groups in total. The van der Waals surface area contributed by atoms with E-state index in [-0.39, 0.29) is 29.1 Å². The van der Waals surface area contributed by atoms with E-state index in [1.807, 2.05) is 0 Å².